The van der Waals surface area contributed by atoms with Gasteiger partial charge in [-0.05, 0) is 47.3 Å². The van der Waals surface area contributed by atoms with Crippen LogP contribution in [0.25, 0.3) is 0 Å². The molecule has 0 amide bonds. The fourth-order valence-corrected chi connectivity index (χ4v) is 4.17. The molecule has 0 aromatic heterocycles. The van der Waals surface area contributed by atoms with Crippen LogP contribution in [0.3, 0.4) is 0 Å². The van der Waals surface area contributed by atoms with E-state index >= 15 is 0 Å². The fraction of sp³-hybridized carbons (Fsp3) is 0.538. The molecule has 1 aromatic rings. The van der Waals surface area contributed by atoms with Gasteiger partial charge in [0.25, 0.3) is 0 Å². The molecule has 1 aliphatic carbocycles. The minimum absolute atomic E-state index is 0.285. The Morgan fingerprint density at radius 2 is 2.05 bits per heavy atom. The number of rotatable bonds is 4. The van der Waals surface area contributed by atoms with Crippen molar-refractivity contribution in [3.8, 4) is 0 Å². The highest BCUT2D eigenvalue weighted by atomic mass is 79.9. The lowest BCUT2D eigenvalue weighted by atomic mass is 9.80. The van der Waals surface area contributed by atoms with Crippen molar-refractivity contribution in [3.63, 3.8) is 0 Å². The molecule has 0 bridgehead atoms. The standard InChI is InChI=1S/C13H18BrNO3S/c1-15(9-13(16)7-4-8-13)12-10(14)5-3-6-11(12)19(2,17)18/h3,5-6,16H,4,7-9H2,1-2H3. The van der Waals surface area contributed by atoms with Crippen molar-refractivity contribution in [3.05, 3.63) is 22.7 Å². The van der Waals surface area contributed by atoms with Crippen LogP contribution in [0.15, 0.2) is 27.6 Å². The number of benzene rings is 1. The Morgan fingerprint density at radius 3 is 2.53 bits per heavy atom. The van der Waals surface area contributed by atoms with E-state index in [0.29, 0.717) is 12.2 Å². The van der Waals surface area contributed by atoms with Gasteiger partial charge in [-0.25, -0.2) is 8.42 Å². The maximum Gasteiger partial charge on any atom is 0.177 e. The number of anilines is 1. The third-order valence-electron chi connectivity index (χ3n) is 3.55. The highest BCUT2D eigenvalue weighted by Crippen LogP contribution is 2.37. The molecule has 0 spiro atoms. The molecule has 2 rings (SSSR count). The second kappa shape index (κ2) is 5.07. The maximum absolute atomic E-state index is 11.8. The lowest BCUT2D eigenvalue weighted by Gasteiger charge is -2.40. The Kier molecular flexibility index (Phi) is 3.95. The predicted octanol–water partition coefficient (Wildman–Crippen LogP) is 2.20. The van der Waals surface area contributed by atoms with Crippen molar-refractivity contribution >= 4 is 31.5 Å². The molecule has 0 aliphatic heterocycles. The molecule has 4 nitrogen and oxygen atoms in total. The Bertz CT molecular complexity index is 582. The molecule has 106 valence electrons. The van der Waals surface area contributed by atoms with Gasteiger partial charge < -0.3 is 10.0 Å². The molecule has 19 heavy (non-hydrogen) atoms. The summed E-state index contributed by atoms with van der Waals surface area (Å²) >= 11 is 3.40. The van der Waals surface area contributed by atoms with E-state index in [4.69, 9.17) is 0 Å². The fourth-order valence-electron chi connectivity index (χ4n) is 2.43. The van der Waals surface area contributed by atoms with Crippen molar-refractivity contribution in [2.75, 3.05) is 24.7 Å². The molecule has 1 saturated carbocycles. The third-order valence-corrected chi connectivity index (χ3v) is 5.31. The molecule has 1 fully saturated rings. The summed E-state index contributed by atoms with van der Waals surface area (Å²) in [4.78, 5) is 2.10. The molecular formula is C13H18BrNO3S. The Hall–Kier alpha value is -0.590. The second-order valence-electron chi connectivity index (χ2n) is 5.29. The molecule has 0 atom stereocenters. The van der Waals surface area contributed by atoms with E-state index in [9.17, 15) is 13.5 Å². The normalized spacial score (nSPS) is 17.9. The van der Waals surface area contributed by atoms with Crippen molar-refractivity contribution < 1.29 is 13.5 Å². The average Bonchev–Trinajstić information content (AvgIpc) is 2.25. The molecule has 0 unspecified atom stereocenters. The minimum atomic E-state index is -3.30. The topological polar surface area (TPSA) is 57.6 Å². The zero-order valence-electron chi connectivity index (χ0n) is 11.1. The number of para-hydroxylation sites is 1. The number of sulfone groups is 1. The van der Waals surface area contributed by atoms with E-state index in [1.165, 1.54) is 6.26 Å². The van der Waals surface area contributed by atoms with E-state index in [1.807, 2.05) is 18.0 Å². The zero-order chi connectivity index (χ0) is 14.3. The molecule has 6 heteroatoms. The number of halogens is 1. The van der Waals surface area contributed by atoms with Crippen LogP contribution in [0.4, 0.5) is 5.69 Å². The minimum Gasteiger partial charge on any atom is -0.388 e. The van der Waals surface area contributed by atoms with Gasteiger partial charge in [-0.15, -0.1) is 0 Å². The summed E-state index contributed by atoms with van der Waals surface area (Å²) in [6.45, 7) is 0.443. The number of hydrogen-bond donors (Lipinski definition) is 1. The summed E-state index contributed by atoms with van der Waals surface area (Å²) in [6.07, 6.45) is 3.77. The van der Waals surface area contributed by atoms with Gasteiger partial charge >= 0.3 is 0 Å². The predicted molar refractivity (Wildman–Crippen MR) is 79.3 cm³/mol. The van der Waals surface area contributed by atoms with Crippen LogP contribution in [0.5, 0.6) is 0 Å². The monoisotopic (exact) mass is 347 g/mol. The number of aliphatic hydroxyl groups is 1. The van der Waals surface area contributed by atoms with Gasteiger partial charge in [0, 0.05) is 24.3 Å². The number of likely N-dealkylation sites (N-methyl/N-ethyl adjacent to an activating group) is 1. The van der Waals surface area contributed by atoms with Gasteiger partial charge in [0.15, 0.2) is 9.84 Å². The zero-order valence-corrected chi connectivity index (χ0v) is 13.5. The summed E-state index contributed by atoms with van der Waals surface area (Å²) in [5, 5.41) is 10.2. The second-order valence-corrected chi connectivity index (χ2v) is 8.13. The highest BCUT2D eigenvalue weighted by Gasteiger charge is 2.36. The van der Waals surface area contributed by atoms with Crippen molar-refractivity contribution in [2.24, 2.45) is 0 Å². The highest BCUT2D eigenvalue weighted by molar-refractivity contribution is 9.10. The molecule has 0 saturated heterocycles. The van der Waals surface area contributed by atoms with Crippen molar-refractivity contribution in [1.29, 1.82) is 0 Å². The third kappa shape index (κ3) is 3.12. The summed E-state index contributed by atoms with van der Waals surface area (Å²) in [6, 6.07) is 5.11. The van der Waals surface area contributed by atoms with Gasteiger partial charge in [0.2, 0.25) is 0 Å². The number of hydrogen-bond acceptors (Lipinski definition) is 4. The van der Waals surface area contributed by atoms with E-state index in [-0.39, 0.29) is 4.90 Å². The van der Waals surface area contributed by atoms with Crippen LogP contribution in [0, 0.1) is 0 Å². The Morgan fingerprint density at radius 1 is 1.42 bits per heavy atom. The van der Waals surface area contributed by atoms with Crippen LogP contribution in [0.2, 0.25) is 0 Å². The van der Waals surface area contributed by atoms with Crippen LogP contribution in [-0.4, -0.2) is 39.0 Å². The van der Waals surface area contributed by atoms with Gasteiger partial charge in [-0.3, -0.25) is 0 Å². The summed E-state index contributed by atoms with van der Waals surface area (Å²) in [7, 11) is -1.49. The van der Waals surface area contributed by atoms with Crippen molar-refractivity contribution in [1.82, 2.24) is 0 Å². The Labute approximate surface area is 122 Å². The first-order valence-electron chi connectivity index (χ1n) is 6.15. The molecule has 1 aromatic carbocycles. The molecule has 0 radical (unpaired) electrons. The van der Waals surface area contributed by atoms with Crippen LogP contribution < -0.4 is 4.90 Å². The van der Waals surface area contributed by atoms with E-state index in [2.05, 4.69) is 15.9 Å². The first-order valence-corrected chi connectivity index (χ1v) is 8.83. The van der Waals surface area contributed by atoms with Gasteiger partial charge in [-0.2, -0.15) is 0 Å². The first-order chi connectivity index (χ1) is 8.73. The Balaban J connectivity index is 2.38. The van der Waals surface area contributed by atoms with E-state index < -0.39 is 15.4 Å². The largest absolute Gasteiger partial charge is 0.388 e. The van der Waals surface area contributed by atoms with Gasteiger partial charge in [-0.1, -0.05) is 6.07 Å². The SMILES string of the molecule is CN(CC1(O)CCC1)c1c(Br)cccc1S(C)(=O)=O. The lowest BCUT2D eigenvalue weighted by Crippen LogP contribution is -2.47. The van der Waals surface area contributed by atoms with Gasteiger partial charge in [0.1, 0.15) is 0 Å². The van der Waals surface area contributed by atoms with Crippen molar-refractivity contribution in [2.45, 2.75) is 29.8 Å². The quantitative estimate of drug-likeness (QED) is 0.906. The van der Waals surface area contributed by atoms with Gasteiger partial charge in [0.05, 0.1) is 16.2 Å². The summed E-state index contributed by atoms with van der Waals surface area (Å²) in [5.41, 5.74) is -0.0657. The molecule has 1 aliphatic rings. The molecular weight excluding hydrogens is 330 g/mol. The first kappa shape index (κ1) is 14.8. The molecule has 0 heterocycles. The smallest absolute Gasteiger partial charge is 0.177 e. The van der Waals surface area contributed by atoms with Crippen LogP contribution in [-0.2, 0) is 9.84 Å². The average molecular weight is 348 g/mol. The lowest BCUT2D eigenvalue weighted by molar-refractivity contribution is -0.0248. The summed E-state index contributed by atoms with van der Waals surface area (Å²) in [5.74, 6) is 0. The summed E-state index contributed by atoms with van der Waals surface area (Å²) < 4.78 is 24.4. The van der Waals surface area contributed by atoms with E-state index in [1.54, 1.807) is 12.1 Å². The van der Waals surface area contributed by atoms with E-state index in [0.717, 1.165) is 23.7 Å². The van der Waals surface area contributed by atoms with Crippen LogP contribution >= 0.6 is 15.9 Å². The maximum atomic E-state index is 11.8. The van der Waals surface area contributed by atoms with Crippen LogP contribution in [0.1, 0.15) is 19.3 Å². The molecule has 1 N–H and O–H groups in total. The number of nitrogens with zero attached hydrogens (tertiary/aromatic N) is 1.